The highest BCUT2D eigenvalue weighted by atomic mass is 127. The van der Waals surface area contributed by atoms with Crippen LogP contribution in [0, 0.1) is 10.1 Å². The Balaban J connectivity index is 0.00000392. The molecule has 2 rings (SSSR count). The van der Waals surface area contributed by atoms with Crippen LogP contribution in [0.2, 0.25) is 0 Å². The second-order valence-corrected chi connectivity index (χ2v) is 6.08. The maximum atomic E-state index is 10.7. The first kappa shape index (κ1) is 23.7. The number of nitrogens with zero attached hydrogens (tertiary/aromatic N) is 2. The van der Waals surface area contributed by atoms with Crippen molar-refractivity contribution in [3.63, 3.8) is 0 Å². The van der Waals surface area contributed by atoms with Crippen LogP contribution >= 0.6 is 24.0 Å². The minimum Gasteiger partial charge on any atom is -0.497 e. The van der Waals surface area contributed by atoms with Crippen molar-refractivity contribution in [3.8, 4) is 5.75 Å². The molecule has 2 aromatic carbocycles. The van der Waals surface area contributed by atoms with E-state index in [9.17, 15) is 10.1 Å². The molecule has 0 heterocycles. The molecule has 0 fully saturated rings. The van der Waals surface area contributed by atoms with Crippen LogP contribution in [-0.4, -0.2) is 31.6 Å². The van der Waals surface area contributed by atoms with E-state index in [0.717, 1.165) is 48.6 Å². The summed E-state index contributed by atoms with van der Waals surface area (Å²) in [5.41, 5.74) is 2.40. The number of nitro groups is 1. The van der Waals surface area contributed by atoms with Crippen molar-refractivity contribution in [2.75, 3.05) is 20.7 Å². The Labute approximate surface area is 182 Å². The lowest BCUT2D eigenvalue weighted by atomic mass is 10.1. The summed E-state index contributed by atoms with van der Waals surface area (Å²) in [4.78, 5) is 14.5. The van der Waals surface area contributed by atoms with Gasteiger partial charge in [-0.1, -0.05) is 24.3 Å². The highest BCUT2D eigenvalue weighted by Gasteiger charge is 2.04. The minimum absolute atomic E-state index is 0. The van der Waals surface area contributed by atoms with Crippen LogP contribution in [0.3, 0.4) is 0 Å². The molecule has 0 aliphatic carbocycles. The molecule has 0 amide bonds. The van der Waals surface area contributed by atoms with E-state index in [1.807, 2.05) is 36.4 Å². The predicted molar refractivity (Wildman–Crippen MR) is 123 cm³/mol. The third kappa shape index (κ3) is 8.12. The summed E-state index contributed by atoms with van der Waals surface area (Å²) in [6.07, 6.45) is 2.89. The van der Waals surface area contributed by atoms with E-state index >= 15 is 0 Å². The number of unbranched alkanes of at least 4 members (excludes halogenated alkanes) is 1. The Bertz CT molecular complexity index is 749. The number of halogens is 1. The number of nitro benzene ring substituents is 1. The molecule has 0 radical (unpaired) electrons. The quantitative estimate of drug-likeness (QED) is 0.137. The Morgan fingerprint density at radius 1 is 1.04 bits per heavy atom. The first-order chi connectivity index (χ1) is 13.1. The fourth-order valence-electron chi connectivity index (χ4n) is 2.60. The Kier molecular flexibility index (Phi) is 10.9. The van der Waals surface area contributed by atoms with Gasteiger partial charge in [0, 0.05) is 32.3 Å². The molecule has 152 valence electrons. The zero-order valence-corrected chi connectivity index (χ0v) is 18.5. The monoisotopic (exact) mass is 498 g/mol. The molecule has 8 heteroatoms. The lowest BCUT2D eigenvalue weighted by Crippen LogP contribution is -2.37. The van der Waals surface area contributed by atoms with Crippen molar-refractivity contribution in [3.05, 3.63) is 69.8 Å². The van der Waals surface area contributed by atoms with Gasteiger partial charge in [-0.3, -0.25) is 15.1 Å². The second kappa shape index (κ2) is 12.9. The van der Waals surface area contributed by atoms with Gasteiger partial charge < -0.3 is 15.4 Å². The van der Waals surface area contributed by atoms with Gasteiger partial charge >= 0.3 is 0 Å². The van der Waals surface area contributed by atoms with E-state index in [0.29, 0.717) is 6.54 Å². The topological polar surface area (TPSA) is 88.8 Å². The lowest BCUT2D eigenvalue weighted by Gasteiger charge is -2.12. The molecule has 0 saturated heterocycles. The van der Waals surface area contributed by atoms with E-state index in [2.05, 4.69) is 15.6 Å². The molecule has 0 aliphatic heterocycles. The molecule has 0 atom stereocenters. The van der Waals surface area contributed by atoms with Gasteiger partial charge in [-0.2, -0.15) is 0 Å². The third-order valence-corrected chi connectivity index (χ3v) is 4.17. The molecule has 2 aromatic rings. The molecular weight excluding hydrogens is 471 g/mol. The molecule has 0 spiro atoms. The first-order valence-electron chi connectivity index (χ1n) is 8.93. The molecular formula is C20H27IN4O3. The van der Waals surface area contributed by atoms with Crippen molar-refractivity contribution in [1.29, 1.82) is 0 Å². The lowest BCUT2D eigenvalue weighted by molar-refractivity contribution is -0.384. The molecule has 0 saturated carbocycles. The number of non-ortho nitro benzene ring substituents is 1. The van der Waals surface area contributed by atoms with Gasteiger partial charge in [-0.25, -0.2) is 0 Å². The number of ether oxygens (including phenoxy) is 1. The average Bonchev–Trinajstić information content (AvgIpc) is 2.70. The van der Waals surface area contributed by atoms with Gasteiger partial charge in [0.15, 0.2) is 5.96 Å². The number of hydrogen-bond acceptors (Lipinski definition) is 4. The molecule has 0 bridgehead atoms. The predicted octanol–water partition coefficient (Wildman–Crippen LogP) is 3.91. The maximum absolute atomic E-state index is 10.7. The van der Waals surface area contributed by atoms with Crippen LogP contribution in [0.15, 0.2) is 53.5 Å². The number of guanidine groups is 1. The summed E-state index contributed by atoms with van der Waals surface area (Å²) in [5, 5.41) is 17.2. The summed E-state index contributed by atoms with van der Waals surface area (Å²) >= 11 is 0. The Morgan fingerprint density at radius 3 is 2.25 bits per heavy atom. The van der Waals surface area contributed by atoms with Crippen molar-refractivity contribution in [2.24, 2.45) is 4.99 Å². The first-order valence-corrected chi connectivity index (χ1v) is 8.93. The second-order valence-electron chi connectivity index (χ2n) is 6.08. The standard InChI is InChI=1S/C20H26N4O3.HI/c1-21-20(23-15-17-8-12-19(27-2)13-9-17)22-14-4-3-5-16-6-10-18(11-7-16)24(25)26;/h6-13H,3-5,14-15H2,1-2H3,(H2,21,22,23);1H. The number of hydrogen-bond donors (Lipinski definition) is 2. The van der Waals surface area contributed by atoms with Crippen molar-refractivity contribution in [1.82, 2.24) is 10.6 Å². The number of aliphatic imine (C=N–C) groups is 1. The summed E-state index contributed by atoms with van der Waals surface area (Å²) in [6.45, 7) is 1.50. The minimum atomic E-state index is -0.377. The van der Waals surface area contributed by atoms with Gasteiger partial charge in [0.05, 0.1) is 12.0 Å². The molecule has 28 heavy (non-hydrogen) atoms. The summed E-state index contributed by atoms with van der Waals surface area (Å²) in [7, 11) is 3.40. The molecule has 0 aromatic heterocycles. The van der Waals surface area contributed by atoms with Crippen LogP contribution in [0.1, 0.15) is 24.0 Å². The summed E-state index contributed by atoms with van der Waals surface area (Å²) < 4.78 is 5.15. The maximum Gasteiger partial charge on any atom is 0.269 e. The van der Waals surface area contributed by atoms with Crippen LogP contribution in [0.4, 0.5) is 5.69 Å². The molecule has 0 unspecified atom stereocenters. The highest BCUT2D eigenvalue weighted by molar-refractivity contribution is 14.0. The van der Waals surface area contributed by atoms with E-state index in [-0.39, 0.29) is 34.6 Å². The van der Waals surface area contributed by atoms with Crippen molar-refractivity contribution >= 4 is 35.6 Å². The van der Waals surface area contributed by atoms with Crippen LogP contribution in [0.25, 0.3) is 0 Å². The summed E-state index contributed by atoms with van der Waals surface area (Å²) in [6, 6.07) is 14.7. The zero-order chi connectivity index (χ0) is 19.5. The Hall–Kier alpha value is -2.36. The van der Waals surface area contributed by atoms with Crippen LogP contribution < -0.4 is 15.4 Å². The van der Waals surface area contributed by atoms with Gasteiger partial charge in [-0.05, 0) is 42.5 Å². The largest absolute Gasteiger partial charge is 0.497 e. The fraction of sp³-hybridized carbons (Fsp3) is 0.350. The number of nitrogens with one attached hydrogen (secondary N) is 2. The number of aryl methyl sites for hydroxylation is 1. The van der Waals surface area contributed by atoms with Gasteiger partial charge in [0.25, 0.3) is 5.69 Å². The van der Waals surface area contributed by atoms with E-state index in [1.54, 1.807) is 26.3 Å². The third-order valence-electron chi connectivity index (χ3n) is 4.17. The smallest absolute Gasteiger partial charge is 0.269 e. The van der Waals surface area contributed by atoms with Gasteiger partial charge in [-0.15, -0.1) is 24.0 Å². The van der Waals surface area contributed by atoms with E-state index in [4.69, 9.17) is 4.74 Å². The van der Waals surface area contributed by atoms with Gasteiger partial charge in [0.2, 0.25) is 0 Å². The number of benzene rings is 2. The van der Waals surface area contributed by atoms with Crippen LogP contribution in [-0.2, 0) is 13.0 Å². The normalized spacial score (nSPS) is 10.7. The van der Waals surface area contributed by atoms with Gasteiger partial charge in [0.1, 0.15) is 5.75 Å². The van der Waals surface area contributed by atoms with E-state index in [1.165, 1.54) is 0 Å². The van der Waals surface area contributed by atoms with Crippen LogP contribution in [0.5, 0.6) is 5.75 Å². The zero-order valence-electron chi connectivity index (χ0n) is 16.2. The fourth-order valence-corrected chi connectivity index (χ4v) is 2.60. The van der Waals surface area contributed by atoms with Crippen molar-refractivity contribution in [2.45, 2.75) is 25.8 Å². The van der Waals surface area contributed by atoms with Crippen molar-refractivity contribution < 1.29 is 9.66 Å². The number of methoxy groups -OCH3 is 1. The van der Waals surface area contributed by atoms with E-state index < -0.39 is 0 Å². The summed E-state index contributed by atoms with van der Waals surface area (Å²) in [5.74, 6) is 1.61. The molecule has 0 aliphatic rings. The number of rotatable bonds is 9. The molecule has 7 nitrogen and oxygen atoms in total. The SMILES string of the molecule is CN=C(NCCCCc1ccc([N+](=O)[O-])cc1)NCc1ccc(OC)cc1.I. The highest BCUT2D eigenvalue weighted by Crippen LogP contribution is 2.13. The average molecular weight is 498 g/mol. The Morgan fingerprint density at radius 2 is 1.68 bits per heavy atom. The molecule has 2 N–H and O–H groups in total.